The summed E-state index contributed by atoms with van der Waals surface area (Å²) >= 11 is 0. The molecule has 1 aliphatic carbocycles. The number of fused-ring (bicyclic) bond motifs is 2. The lowest BCUT2D eigenvalue weighted by Crippen LogP contribution is -2.61. The van der Waals surface area contributed by atoms with E-state index in [2.05, 4.69) is 70.8 Å². The second-order valence-corrected chi connectivity index (χ2v) is 8.11. The number of rotatable bonds is 4. The Morgan fingerprint density at radius 1 is 1.04 bits per heavy atom. The zero-order valence-corrected chi connectivity index (χ0v) is 15.4. The molecular formula is C21H27N4+. The maximum Gasteiger partial charge on any atom is 0.235 e. The lowest BCUT2D eigenvalue weighted by molar-refractivity contribution is -0.602. The molecule has 1 fully saturated rings. The van der Waals surface area contributed by atoms with Crippen LogP contribution in [0.4, 0.5) is 0 Å². The highest BCUT2D eigenvalue weighted by Gasteiger charge is 2.62. The molecule has 0 saturated heterocycles. The Balaban J connectivity index is 1.69. The van der Waals surface area contributed by atoms with Crippen LogP contribution in [0.2, 0.25) is 0 Å². The summed E-state index contributed by atoms with van der Waals surface area (Å²) in [5.74, 6) is 0. The molecule has 4 nitrogen and oxygen atoms in total. The van der Waals surface area contributed by atoms with Crippen molar-refractivity contribution >= 4 is 6.34 Å². The maximum absolute atomic E-state index is 4.55. The van der Waals surface area contributed by atoms with Crippen molar-refractivity contribution < 1.29 is 4.58 Å². The summed E-state index contributed by atoms with van der Waals surface area (Å²) in [4.78, 5) is 11.6. The fraction of sp³-hybridized carbons (Fsp3) is 0.476. The standard InChI is InChI=1S/C21H27N4/c1-20(2)19-10-11-21(20,3)25(15-18-9-5-7-13-23-18)16-24(19)14-17-8-4-6-12-22-17/h4-9,12-13,16,19H,10-11,14-15H2,1-3H3/q+1. The lowest BCUT2D eigenvalue weighted by Gasteiger charge is -2.47. The predicted octanol–water partition coefficient (Wildman–Crippen LogP) is 3.48. The molecule has 2 atom stereocenters. The highest BCUT2D eigenvalue weighted by molar-refractivity contribution is 5.53. The zero-order valence-electron chi connectivity index (χ0n) is 15.4. The van der Waals surface area contributed by atoms with Crippen molar-refractivity contribution in [3.63, 3.8) is 0 Å². The highest BCUT2D eigenvalue weighted by Crippen LogP contribution is 2.52. The van der Waals surface area contributed by atoms with Crippen molar-refractivity contribution in [2.24, 2.45) is 5.41 Å². The first-order chi connectivity index (χ1) is 12.0. The van der Waals surface area contributed by atoms with Gasteiger partial charge in [0.15, 0.2) is 0 Å². The number of hydrogen-bond acceptors (Lipinski definition) is 3. The van der Waals surface area contributed by atoms with Crippen LogP contribution >= 0.6 is 0 Å². The van der Waals surface area contributed by atoms with Crippen LogP contribution in [0.5, 0.6) is 0 Å². The number of nitrogens with zero attached hydrogens (tertiary/aromatic N) is 4. The van der Waals surface area contributed by atoms with Crippen molar-refractivity contribution in [1.29, 1.82) is 0 Å². The van der Waals surface area contributed by atoms with Crippen LogP contribution in [0, 0.1) is 5.41 Å². The Labute approximate surface area is 150 Å². The monoisotopic (exact) mass is 335 g/mol. The molecule has 4 rings (SSSR count). The maximum atomic E-state index is 4.55. The molecule has 0 amide bonds. The van der Waals surface area contributed by atoms with Gasteiger partial charge in [-0.2, -0.15) is 0 Å². The van der Waals surface area contributed by atoms with Crippen LogP contribution in [0.25, 0.3) is 0 Å². The van der Waals surface area contributed by atoms with E-state index >= 15 is 0 Å². The molecule has 1 saturated carbocycles. The third kappa shape index (κ3) is 2.64. The quantitative estimate of drug-likeness (QED) is 0.802. The molecule has 2 bridgehead atoms. The molecule has 2 aromatic heterocycles. The van der Waals surface area contributed by atoms with Gasteiger partial charge in [0.1, 0.15) is 24.7 Å². The second kappa shape index (κ2) is 5.94. The third-order valence-electron chi connectivity index (χ3n) is 6.58. The van der Waals surface area contributed by atoms with Gasteiger partial charge < -0.3 is 0 Å². The van der Waals surface area contributed by atoms with Gasteiger partial charge in [-0.1, -0.05) is 26.0 Å². The molecule has 0 aromatic carbocycles. The van der Waals surface area contributed by atoms with E-state index in [1.165, 1.54) is 12.8 Å². The van der Waals surface area contributed by atoms with Crippen LogP contribution in [-0.4, -0.2) is 37.4 Å². The minimum Gasteiger partial charge on any atom is -0.259 e. The van der Waals surface area contributed by atoms with Crippen LogP contribution in [0.1, 0.15) is 45.0 Å². The summed E-state index contributed by atoms with van der Waals surface area (Å²) in [6.07, 6.45) is 8.55. The highest BCUT2D eigenvalue weighted by atomic mass is 15.3. The third-order valence-corrected chi connectivity index (χ3v) is 6.58. The van der Waals surface area contributed by atoms with Crippen molar-refractivity contribution in [2.75, 3.05) is 0 Å². The minimum atomic E-state index is 0.163. The first-order valence-corrected chi connectivity index (χ1v) is 9.18. The van der Waals surface area contributed by atoms with Gasteiger partial charge in [-0.05, 0) is 44.0 Å². The van der Waals surface area contributed by atoms with Gasteiger partial charge in [-0.3, -0.25) is 19.4 Å². The molecule has 3 heterocycles. The van der Waals surface area contributed by atoms with E-state index in [1.807, 2.05) is 24.5 Å². The van der Waals surface area contributed by atoms with Gasteiger partial charge in [0, 0.05) is 17.8 Å². The molecule has 0 spiro atoms. The summed E-state index contributed by atoms with van der Waals surface area (Å²) in [6.45, 7) is 8.99. The van der Waals surface area contributed by atoms with E-state index < -0.39 is 0 Å². The summed E-state index contributed by atoms with van der Waals surface area (Å²) in [7, 11) is 0. The summed E-state index contributed by atoms with van der Waals surface area (Å²) in [5.41, 5.74) is 2.63. The largest absolute Gasteiger partial charge is 0.259 e. The molecule has 2 aliphatic rings. The Morgan fingerprint density at radius 3 is 2.36 bits per heavy atom. The summed E-state index contributed by atoms with van der Waals surface area (Å²) < 4.78 is 2.50. The van der Waals surface area contributed by atoms with E-state index in [0.717, 1.165) is 24.5 Å². The number of pyridine rings is 2. The molecule has 130 valence electrons. The average Bonchev–Trinajstić information content (AvgIpc) is 2.76. The van der Waals surface area contributed by atoms with Gasteiger partial charge in [0.05, 0.1) is 11.4 Å². The van der Waals surface area contributed by atoms with Gasteiger partial charge in [0.25, 0.3) is 0 Å². The van der Waals surface area contributed by atoms with Gasteiger partial charge in [0.2, 0.25) is 6.34 Å². The van der Waals surface area contributed by atoms with Gasteiger partial charge >= 0.3 is 0 Å². The average molecular weight is 335 g/mol. The minimum absolute atomic E-state index is 0.163. The van der Waals surface area contributed by atoms with Gasteiger partial charge in [-0.15, -0.1) is 0 Å². The van der Waals surface area contributed by atoms with Crippen LogP contribution in [0.15, 0.2) is 48.8 Å². The first kappa shape index (κ1) is 16.2. The molecular weight excluding hydrogens is 308 g/mol. The molecule has 25 heavy (non-hydrogen) atoms. The molecule has 4 heteroatoms. The fourth-order valence-electron chi connectivity index (χ4n) is 4.65. The van der Waals surface area contributed by atoms with E-state index in [9.17, 15) is 0 Å². The number of hydrogen-bond donors (Lipinski definition) is 0. The number of aromatic nitrogens is 2. The molecule has 0 N–H and O–H groups in total. The van der Waals surface area contributed by atoms with Crippen LogP contribution in [0.3, 0.4) is 0 Å². The van der Waals surface area contributed by atoms with E-state index in [-0.39, 0.29) is 11.0 Å². The normalized spacial score (nSPS) is 27.2. The predicted molar refractivity (Wildman–Crippen MR) is 99.3 cm³/mol. The van der Waals surface area contributed by atoms with E-state index in [0.29, 0.717) is 6.04 Å². The Kier molecular flexibility index (Phi) is 3.86. The summed E-state index contributed by atoms with van der Waals surface area (Å²) in [5, 5.41) is 0. The van der Waals surface area contributed by atoms with Gasteiger partial charge in [-0.25, -0.2) is 0 Å². The molecule has 2 aromatic rings. The Morgan fingerprint density at radius 2 is 1.72 bits per heavy atom. The van der Waals surface area contributed by atoms with Crippen molar-refractivity contribution in [2.45, 2.75) is 58.3 Å². The van der Waals surface area contributed by atoms with Crippen LogP contribution in [-0.2, 0) is 13.1 Å². The second-order valence-electron chi connectivity index (χ2n) is 8.11. The Hall–Kier alpha value is -2.23. The zero-order chi connectivity index (χ0) is 17.5. The Bertz CT molecular complexity index is 769. The van der Waals surface area contributed by atoms with Crippen molar-refractivity contribution in [3.05, 3.63) is 60.2 Å². The SMILES string of the molecule is CC1(C)C2CCC1(C)N(Cc1ccccn1)C=[N+]2Cc1ccccn1. The molecule has 1 aliphatic heterocycles. The fourth-order valence-corrected chi connectivity index (χ4v) is 4.65. The lowest BCUT2D eigenvalue weighted by atomic mass is 9.72. The van der Waals surface area contributed by atoms with Crippen molar-refractivity contribution in [3.8, 4) is 0 Å². The van der Waals surface area contributed by atoms with E-state index in [4.69, 9.17) is 0 Å². The topological polar surface area (TPSA) is 32.0 Å². The van der Waals surface area contributed by atoms with Crippen LogP contribution < -0.4 is 0 Å². The van der Waals surface area contributed by atoms with E-state index in [1.54, 1.807) is 0 Å². The molecule has 0 radical (unpaired) electrons. The first-order valence-electron chi connectivity index (χ1n) is 9.18. The summed E-state index contributed by atoms with van der Waals surface area (Å²) in [6, 6.07) is 12.9. The van der Waals surface area contributed by atoms with Crippen molar-refractivity contribution in [1.82, 2.24) is 14.9 Å². The smallest absolute Gasteiger partial charge is 0.235 e. The molecule has 2 unspecified atom stereocenters.